The molecule has 0 saturated carbocycles. The minimum absolute atomic E-state index is 0.129. The van der Waals surface area contributed by atoms with Gasteiger partial charge >= 0.3 is 5.97 Å². The van der Waals surface area contributed by atoms with Crippen molar-refractivity contribution < 1.29 is 9.53 Å². The fraction of sp³-hybridized carbons (Fsp3) is 0.367. The molecule has 3 aromatic rings. The molecule has 0 aromatic heterocycles. The summed E-state index contributed by atoms with van der Waals surface area (Å²) in [4.78, 5) is 17.8. The van der Waals surface area contributed by atoms with Crippen LogP contribution in [0.4, 0.5) is 5.69 Å². The van der Waals surface area contributed by atoms with Crippen molar-refractivity contribution in [3.05, 3.63) is 89.4 Å². The van der Waals surface area contributed by atoms with Gasteiger partial charge in [0.2, 0.25) is 0 Å². The molecule has 184 valence electrons. The monoisotopic (exact) mass is 490 g/mol. The SMILES string of the molecule is CCOC(=O)C(C)(CCCN1CCN(c2cccc(-c3cccc(Cl)c3)c2)CC1)c1ccccc1. The Bertz CT molecular complexity index is 1110. The number of benzene rings is 3. The van der Waals surface area contributed by atoms with Crippen molar-refractivity contribution in [3.63, 3.8) is 0 Å². The molecule has 1 atom stereocenters. The molecule has 1 unspecified atom stereocenters. The van der Waals surface area contributed by atoms with E-state index < -0.39 is 5.41 Å². The van der Waals surface area contributed by atoms with Gasteiger partial charge in [-0.1, -0.05) is 66.2 Å². The second kappa shape index (κ2) is 11.7. The standard InChI is InChI=1S/C30H35ClN2O2/c1-3-35-29(34)30(2,26-12-5-4-6-13-26)16-9-17-32-18-20-33(21-19-32)28-15-8-11-25(23-28)24-10-7-14-27(31)22-24/h4-8,10-15,22-23H,3,9,16-21H2,1-2H3. The number of ether oxygens (including phenoxy) is 1. The maximum atomic E-state index is 12.8. The van der Waals surface area contributed by atoms with Crippen LogP contribution in [-0.2, 0) is 14.9 Å². The van der Waals surface area contributed by atoms with Crippen molar-refractivity contribution in [2.45, 2.75) is 32.1 Å². The Kier molecular flexibility index (Phi) is 8.48. The Morgan fingerprint density at radius 2 is 1.60 bits per heavy atom. The zero-order valence-corrected chi connectivity index (χ0v) is 21.5. The molecule has 1 aliphatic rings. The lowest BCUT2D eigenvalue weighted by Crippen LogP contribution is -2.47. The highest BCUT2D eigenvalue weighted by molar-refractivity contribution is 6.30. The summed E-state index contributed by atoms with van der Waals surface area (Å²) in [5.74, 6) is -0.129. The topological polar surface area (TPSA) is 32.8 Å². The lowest BCUT2D eigenvalue weighted by atomic mass is 9.78. The molecule has 1 aliphatic heterocycles. The van der Waals surface area contributed by atoms with Crippen LogP contribution in [0.2, 0.25) is 5.02 Å². The van der Waals surface area contributed by atoms with Gasteiger partial charge in [-0.15, -0.1) is 0 Å². The second-order valence-corrected chi connectivity index (χ2v) is 9.85. The summed E-state index contributed by atoms with van der Waals surface area (Å²) >= 11 is 6.20. The van der Waals surface area contributed by atoms with Crippen molar-refractivity contribution in [3.8, 4) is 11.1 Å². The third-order valence-corrected chi connectivity index (χ3v) is 7.26. The summed E-state index contributed by atoms with van der Waals surface area (Å²) in [6.07, 6.45) is 1.73. The number of carbonyl (C=O) groups excluding carboxylic acids is 1. The highest BCUT2D eigenvalue weighted by Gasteiger charge is 2.36. The van der Waals surface area contributed by atoms with Crippen LogP contribution in [0.1, 0.15) is 32.3 Å². The van der Waals surface area contributed by atoms with Crippen LogP contribution in [0.15, 0.2) is 78.9 Å². The number of nitrogens with zero attached hydrogens (tertiary/aromatic N) is 2. The van der Waals surface area contributed by atoms with Gasteiger partial charge in [0.15, 0.2) is 0 Å². The minimum Gasteiger partial charge on any atom is -0.465 e. The van der Waals surface area contributed by atoms with Gasteiger partial charge in [-0.05, 0) is 74.2 Å². The Hall–Kier alpha value is -2.82. The van der Waals surface area contributed by atoms with Crippen molar-refractivity contribution >= 4 is 23.3 Å². The van der Waals surface area contributed by atoms with Gasteiger partial charge in [-0.25, -0.2) is 0 Å². The minimum atomic E-state index is -0.611. The first-order chi connectivity index (χ1) is 17.0. The summed E-state index contributed by atoms with van der Waals surface area (Å²) in [6, 6.07) is 26.8. The molecule has 0 bridgehead atoms. The molecular weight excluding hydrogens is 456 g/mol. The smallest absolute Gasteiger partial charge is 0.316 e. The highest BCUT2D eigenvalue weighted by atomic mass is 35.5. The molecule has 1 saturated heterocycles. The van der Waals surface area contributed by atoms with Gasteiger partial charge in [0.1, 0.15) is 0 Å². The van der Waals surface area contributed by atoms with Crippen LogP contribution in [0.3, 0.4) is 0 Å². The molecule has 0 aliphatic carbocycles. The Morgan fingerprint density at radius 1 is 0.914 bits per heavy atom. The summed E-state index contributed by atoms with van der Waals surface area (Å²) in [7, 11) is 0. The van der Waals surface area contributed by atoms with E-state index in [2.05, 4.69) is 40.1 Å². The second-order valence-electron chi connectivity index (χ2n) is 9.41. The predicted molar refractivity (Wildman–Crippen MR) is 145 cm³/mol. The van der Waals surface area contributed by atoms with Gasteiger partial charge in [0.05, 0.1) is 12.0 Å². The molecule has 3 aromatic carbocycles. The number of rotatable bonds is 9. The van der Waals surface area contributed by atoms with Gasteiger partial charge < -0.3 is 9.64 Å². The molecule has 4 rings (SSSR count). The van der Waals surface area contributed by atoms with E-state index in [0.717, 1.165) is 61.7 Å². The van der Waals surface area contributed by atoms with Crippen LogP contribution in [0.5, 0.6) is 0 Å². The van der Waals surface area contributed by atoms with E-state index in [0.29, 0.717) is 6.61 Å². The molecule has 4 nitrogen and oxygen atoms in total. The lowest BCUT2D eigenvalue weighted by Gasteiger charge is -2.37. The average molecular weight is 491 g/mol. The van der Waals surface area contributed by atoms with Gasteiger partial charge in [-0.3, -0.25) is 9.69 Å². The molecule has 0 N–H and O–H groups in total. The van der Waals surface area contributed by atoms with Gasteiger partial charge in [0.25, 0.3) is 0 Å². The van der Waals surface area contributed by atoms with Crippen LogP contribution in [0.25, 0.3) is 11.1 Å². The quantitative estimate of drug-likeness (QED) is 0.323. The van der Waals surface area contributed by atoms with Crippen LogP contribution >= 0.6 is 11.6 Å². The zero-order chi connectivity index (χ0) is 24.7. The first-order valence-electron chi connectivity index (χ1n) is 12.6. The largest absolute Gasteiger partial charge is 0.465 e. The van der Waals surface area contributed by atoms with Crippen molar-refractivity contribution in [2.24, 2.45) is 0 Å². The van der Waals surface area contributed by atoms with E-state index in [9.17, 15) is 4.79 Å². The third-order valence-electron chi connectivity index (χ3n) is 7.03. The molecule has 0 radical (unpaired) electrons. The number of anilines is 1. The number of hydrogen-bond acceptors (Lipinski definition) is 4. The molecular formula is C30H35ClN2O2. The van der Waals surface area contributed by atoms with Crippen LogP contribution < -0.4 is 4.90 Å². The molecule has 5 heteroatoms. The number of carbonyl (C=O) groups is 1. The number of esters is 1. The lowest BCUT2D eigenvalue weighted by molar-refractivity contribution is -0.149. The van der Waals surface area contributed by atoms with Crippen molar-refractivity contribution in [1.29, 1.82) is 0 Å². The molecule has 35 heavy (non-hydrogen) atoms. The van der Waals surface area contributed by atoms with Crippen molar-refractivity contribution in [1.82, 2.24) is 4.90 Å². The number of halogens is 1. The first kappa shape index (κ1) is 25.3. The summed E-state index contributed by atoms with van der Waals surface area (Å²) in [6.45, 7) is 9.30. The fourth-order valence-corrected chi connectivity index (χ4v) is 5.09. The van der Waals surface area contributed by atoms with E-state index >= 15 is 0 Å². The van der Waals surface area contributed by atoms with Gasteiger partial charge in [-0.2, -0.15) is 0 Å². The molecule has 0 amide bonds. The fourth-order valence-electron chi connectivity index (χ4n) is 4.90. The number of piperazine rings is 1. The Balaban J connectivity index is 1.32. The number of hydrogen-bond donors (Lipinski definition) is 0. The highest BCUT2D eigenvalue weighted by Crippen LogP contribution is 2.31. The molecule has 0 spiro atoms. The Morgan fingerprint density at radius 3 is 2.29 bits per heavy atom. The first-order valence-corrected chi connectivity index (χ1v) is 12.9. The normalized spacial score (nSPS) is 16.0. The van der Waals surface area contributed by atoms with E-state index in [-0.39, 0.29) is 5.97 Å². The van der Waals surface area contributed by atoms with E-state index in [4.69, 9.17) is 16.3 Å². The van der Waals surface area contributed by atoms with Crippen molar-refractivity contribution in [2.75, 3.05) is 44.2 Å². The third kappa shape index (κ3) is 6.25. The Labute approximate surface area is 214 Å². The van der Waals surface area contributed by atoms with Gasteiger partial charge in [0, 0.05) is 36.9 Å². The molecule has 1 heterocycles. The van der Waals surface area contributed by atoms with E-state index in [1.807, 2.05) is 62.4 Å². The summed E-state index contributed by atoms with van der Waals surface area (Å²) in [5, 5.41) is 0.757. The summed E-state index contributed by atoms with van der Waals surface area (Å²) in [5.41, 5.74) is 4.00. The zero-order valence-electron chi connectivity index (χ0n) is 20.8. The van der Waals surface area contributed by atoms with Crippen LogP contribution in [0, 0.1) is 0 Å². The maximum absolute atomic E-state index is 12.8. The molecule has 1 fully saturated rings. The van der Waals surface area contributed by atoms with Crippen LogP contribution in [-0.4, -0.2) is 50.2 Å². The van der Waals surface area contributed by atoms with E-state index in [1.54, 1.807) is 0 Å². The van der Waals surface area contributed by atoms with E-state index in [1.165, 1.54) is 11.3 Å². The summed E-state index contributed by atoms with van der Waals surface area (Å²) < 4.78 is 5.45. The predicted octanol–water partition coefficient (Wildman–Crippen LogP) is 6.43. The average Bonchev–Trinajstić information content (AvgIpc) is 2.90. The maximum Gasteiger partial charge on any atom is 0.316 e.